The van der Waals surface area contributed by atoms with Gasteiger partial charge in [0.2, 0.25) is 0 Å². The lowest BCUT2D eigenvalue weighted by molar-refractivity contribution is -0.182. The van der Waals surface area contributed by atoms with E-state index in [0.717, 1.165) is 0 Å². The van der Waals surface area contributed by atoms with Crippen molar-refractivity contribution in [3.05, 3.63) is 0 Å². The molecular formula is C16H30Cl2. The van der Waals surface area contributed by atoms with Gasteiger partial charge in [-0.3, -0.25) is 0 Å². The minimum atomic E-state index is -0.468. The zero-order valence-electron chi connectivity index (χ0n) is 13.8. The molecule has 0 aliphatic heterocycles. The number of rotatable bonds is 0. The Bertz CT molecular complexity index is 240. The minimum Gasteiger partial charge on any atom is -0.117 e. The lowest BCUT2D eigenvalue weighted by Gasteiger charge is -2.74. The summed E-state index contributed by atoms with van der Waals surface area (Å²) in [5.41, 5.74) is 0.0109. The Morgan fingerprint density at radius 2 is 0.556 bits per heavy atom. The summed E-state index contributed by atoms with van der Waals surface area (Å²) in [6.45, 7) is 22.6. The number of halogens is 2. The molecule has 0 aromatic rings. The highest BCUT2D eigenvalue weighted by molar-refractivity contribution is 6.35. The molecule has 1 fully saturated rings. The van der Waals surface area contributed by atoms with E-state index in [9.17, 15) is 0 Å². The largest absolute Gasteiger partial charge is 0.117 e. The average molecular weight is 293 g/mol. The predicted molar refractivity (Wildman–Crippen MR) is 83.6 cm³/mol. The summed E-state index contributed by atoms with van der Waals surface area (Å²) >= 11 is 14.0. The molecule has 0 radical (unpaired) electrons. The molecule has 1 aliphatic rings. The average Bonchev–Trinajstić information content (AvgIpc) is 2.14. The van der Waals surface area contributed by atoms with Gasteiger partial charge in [-0.1, -0.05) is 55.4 Å². The molecule has 0 saturated heterocycles. The van der Waals surface area contributed by atoms with Gasteiger partial charge in [0.25, 0.3) is 0 Å². The van der Waals surface area contributed by atoms with Crippen LogP contribution in [-0.4, -0.2) is 9.75 Å². The van der Waals surface area contributed by atoms with Crippen molar-refractivity contribution in [1.29, 1.82) is 0 Å². The maximum absolute atomic E-state index is 7.02. The van der Waals surface area contributed by atoms with Crippen molar-refractivity contribution in [3.63, 3.8) is 0 Å². The van der Waals surface area contributed by atoms with Crippen LogP contribution in [-0.2, 0) is 0 Å². The van der Waals surface area contributed by atoms with Gasteiger partial charge in [0, 0.05) is 0 Å². The first-order chi connectivity index (χ1) is 7.50. The monoisotopic (exact) mass is 292 g/mol. The van der Waals surface area contributed by atoms with E-state index in [2.05, 4.69) is 69.2 Å². The smallest absolute Gasteiger partial charge is 0.0668 e. The van der Waals surface area contributed by atoms with Crippen LogP contribution in [0, 0.1) is 21.7 Å². The zero-order valence-corrected chi connectivity index (χ0v) is 15.3. The SMILES string of the molecule is CC1(C)C(C)(C)C(C)(C)[C@@](C)(Cl)[C@@](C)(Cl)C1(C)C. The van der Waals surface area contributed by atoms with Gasteiger partial charge >= 0.3 is 0 Å². The van der Waals surface area contributed by atoms with Gasteiger partial charge in [0.1, 0.15) is 0 Å². The Morgan fingerprint density at radius 3 is 0.722 bits per heavy atom. The fourth-order valence-electron chi connectivity index (χ4n) is 3.91. The van der Waals surface area contributed by atoms with E-state index in [1.54, 1.807) is 0 Å². The molecule has 108 valence electrons. The van der Waals surface area contributed by atoms with Gasteiger partial charge in [-0.25, -0.2) is 0 Å². The molecule has 1 aliphatic carbocycles. The van der Waals surface area contributed by atoms with Crippen molar-refractivity contribution in [1.82, 2.24) is 0 Å². The molecule has 0 nitrogen and oxygen atoms in total. The van der Waals surface area contributed by atoms with E-state index in [4.69, 9.17) is 23.2 Å². The van der Waals surface area contributed by atoms with Crippen molar-refractivity contribution >= 4 is 23.2 Å². The Balaban J connectivity index is 3.72. The van der Waals surface area contributed by atoms with Crippen LogP contribution in [0.2, 0.25) is 0 Å². The van der Waals surface area contributed by atoms with Crippen LogP contribution in [0.4, 0.5) is 0 Å². The highest BCUT2D eigenvalue weighted by Gasteiger charge is 2.74. The predicted octanol–water partition coefficient (Wildman–Crippen LogP) is 6.10. The summed E-state index contributed by atoms with van der Waals surface area (Å²) in [6, 6.07) is 0. The third kappa shape index (κ3) is 1.35. The molecule has 0 spiro atoms. The standard InChI is InChI=1S/C16H30Cl2/c1-11(2)12(3,4)14(7,8)16(10,18)15(9,17)13(11,5)6/h1-10H3/t15-,16+. The van der Waals surface area contributed by atoms with Crippen LogP contribution in [0.15, 0.2) is 0 Å². The normalized spacial score (nSPS) is 44.7. The second-order valence-corrected chi connectivity index (χ2v) is 10.0. The molecule has 0 bridgehead atoms. The molecule has 0 heterocycles. The second-order valence-electron chi connectivity index (χ2n) is 8.51. The summed E-state index contributed by atoms with van der Waals surface area (Å²) in [4.78, 5) is -0.936. The summed E-state index contributed by atoms with van der Waals surface area (Å²) in [5, 5.41) is 0. The molecule has 2 atom stereocenters. The van der Waals surface area contributed by atoms with Gasteiger partial charge in [-0.2, -0.15) is 0 Å². The van der Waals surface area contributed by atoms with Crippen LogP contribution in [0.5, 0.6) is 0 Å². The van der Waals surface area contributed by atoms with Crippen LogP contribution in [0.1, 0.15) is 69.2 Å². The molecule has 0 amide bonds. The molecule has 1 saturated carbocycles. The third-order valence-corrected chi connectivity index (χ3v) is 9.71. The van der Waals surface area contributed by atoms with Crippen molar-refractivity contribution in [3.8, 4) is 0 Å². The molecular weight excluding hydrogens is 263 g/mol. The van der Waals surface area contributed by atoms with E-state index in [0.29, 0.717) is 0 Å². The van der Waals surface area contributed by atoms with Gasteiger partial charge < -0.3 is 0 Å². The van der Waals surface area contributed by atoms with Crippen molar-refractivity contribution in [2.45, 2.75) is 79.0 Å². The number of hydrogen-bond donors (Lipinski definition) is 0. The summed E-state index contributed by atoms with van der Waals surface area (Å²) < 4.78 is 0. The zero-order chi connectivity index (χ0) is 15.0. The summed E-state index contributed by atoms with van der Waals surface area (Å²) in [6.07, 6.45) is 0. The quantitative estimate of drug-likeness (QED) is 0.473. The molecule has 18 heavy (non-hydrogen) atoms. The van der Waals surface area contributed by atoms with Gasteiger partial charge in [0.05, 0.1) is 9.75 Å². The Kier molecular flexibility index (Phi) is 3.34. The van der Waals surface area contributed by atoms with Gasteiger partial charge in [-0.15, -0.1) is 23.2 Å². The molecule has 1 rings (SSSR count). The lowest BCUT2D eigenvalue weighted by atomic mass is 9.35. The molecule has 2 heteroatoms. The van der Waals surface area contributed by atoms with E-state index in [1.807, 2.05) is 0 Å². The summed E-state index contributed by atoms with van der Waals surface area (Å²) in [5.74, 6) is 0. The van der Waals surface area contributed by atoms with Gasteiger partial charge in [-0.05, 0) is 35.5 Å². The molecule has 0 unspecified atom stereocenters. The lowest BCUT2D eigenvalue weighted by Crippen LogP contribution is -2.74. The maximum atomic E-state index is 7.02. The highest BCUT2D eigenvalue weighted by atomic mass is 35.5. The Labute approximate surface area is 124 Å². The van der Waals surface area contributed by atoms with Crippen molar-refractivity contribution in [2.24, 2.45) is 21.7 Å². The van der Waals surface area contributed by atoms with Crippen LogP contribution in [0.25, 0.3) is 0 Å². The van der Waals surface area contributed by atoms with E-state index in [1.165, 1.54) is 0 Å². The van der Waals surface area contributed by atoms with E-state index >= 15 is 0 Å². The van der Waals surface area contributed by atoms with Crippen LogP contribution in [0.3, 0.4) is 0 Å². The van der Waals surface area contributed by atoms with Crippen molar-refractivity contribution in [2.75, 3.05) is 0 Å². The van der Waals surface area contributed by atoms with Crippen LogP contribution >= 0.6 is 23.2 Å². The van der Waals surface area contributed by atoms with Gasteiger partial charge in [0.15, 0.2) is 0 Å². The molecule has 0 aromatic heterocycles. The fourth-order valence-corrected chi connectivity index (χ4v) is 4.85. The molecule has 0 N–H and O–H groups in total. The Morgan fingerprint density at radius 1 is 0.389 bits per heavy atom. The number of alkyl halides is 2. The number of hydrogen-bond acceptors (Lipinski definition) is 0. The van der Waals surface area contributed by atoms with E-state index < -0.39 is 9.75 Å². The Hall–Kier alpha value is 0.580. The summed E-state index contributed by atoms with van der Waals surface area (Å²) in [7, 11) is 0. The first-order valence-electron chi connectivity index (χ1n) is 6.88. The van der Waals surface area contributed by atoms with E-state index in [-0.39, 0.29) is 21.7 Å². The maximum Gasteiger partial charge on any atom is 0.0668 e. The second kappa shape index (κ2) is 3.61. The minimum absolute atomic E-state index is 0.0723. The molecule has 0 aromatic carbocycles. The van der Waals surface area contributed by atoms with Crippen LogP contribution < -0.4 is 0 Å². The highest BCUT2D eigenvalue weighted by Crippen LogP contribution is 2.75. The van der Waals surface area contributed by atoms with Crippen molar-refractivity contribution < 1.29 is 0 Å². The first kappa shape index (κ1) is 16.6. The topological polar surface area (TPSA) is 0 Å². The first-order valence-corrected chi connectivity index (χ1v) is 7.63. The fraction of sp³-hybridized carbons (Fsp3) is 1.00. The third-order valence-electron chi connectivity index (χ3n) is 7.92.